The van der Waals surface area contributed by atoms with E-state index >= 15 is 0 Å². The van der Waals surface area contributed by atoms with Crippen molar-refractivity contribution in [1.82, 2.24) is 14.6 Å². The lowest BCUT2D eigenvalue weighted by atomic mass is 10.2. The maximum atomic E-state index is 12.3. The van der Waals surface area contributed by atoms with Gasteiger partial charge < -0.3 is 10.1 Å². The van der Waals surface area contributed by atoms with E-state index in [0.29, 0.717) is 27.4 Å². The summed E-state index contributed by atoms with van der Waals surface area (Å²) in [7, 11) is 0. The number of anilines is 1. The average molecular weight is 288 g/mol. The summed E-state index contributed by atoms with van der Waals surface area (Å²) in [6.07, 6.45) is 1.24. The van der Waals surface area contributed by atoms with Gasteiger partial charge in [-0.2, -0.15) is 4.52 Å². The number of aromatic nitrogens is 3. The van der Waals surface area contributed by atoms with Crippen molar-refractivity contribution < 1.29 is 4.79 Å². The van der Waals surface area contributed by atoms with Crippen LogP contribution < -0.4 is 10.9 Å². The van der Waals surface area contributed by atoms with Crippen LogP contribution in [0, 0.1) is 0 Å². The van der Waals surface area contributed by atoms with Crippen LogP contribution in [0.3, 0.4) is 0 Å². The van der Waals surface area contributed by atoms with Gasteiger partial charge in [-0.15, -0.1) is 5.10 Å². The fourth-order valence-electron chi connectivity index (χ4n) is 1.93. The zero-order chi connectivity index (χ0) is 14.1. The Morgan fingerprint density at radius 1 is 1.45 bits per heavy atom. The monoisotopic (exact) mass is 288 g/mol. The van der Waals surface area contributed by atoms with Crippen LogP contribution in [-0.4, -0.2) is 26.9 Å². The minimum Gasteiger partial charge on any atom is -0.357 e. The van der Waals surface area contributed by atoms with Crippen molar-refractivity contribution in [2.45, 2.75) is 19.4 Å². The van der Waals surface area contributed by atoms with E-state index < -0.39 is 0 Å². The third-order valence-electron chi connectivity index (χ3n) is 2.92. The lowest BCUT2D eigenvalue weighted by Crippen LogP contribution is -2.17. The van der Waals surface area contributed by atoms with Crippen molar-refractivity contribution in [2.75, 3.05) is 5.32 Å². The Morgan fingerprint density at radius 3 is 3.05 bits per heavy atom. The van der Waals surface area contributed by atoms with Gasteiger partial charge in [0.1, 0.15) is 6.29 Å². The average Bonchev–Trinajstić information content (AvgIpc) is 2.82. The Morgan fingerprint density at radius 2 is 2.25 bits per heavy atom. The molecule has 0 fully saturated rings. The minimum absolute atomic E-state index is 0.0295. The number of hydrogen-bond donors (Lipinski definition) is 1. The minimum atomic E-state index is -0.182. The van der Waals surface area contributed by atoms with Gasteiger partial charge in [-0.1, -0.05) is 23.5 Å². The number of carbonyl (C=O) groups is 1. The van der Waals surface area contributed by atoms with Crippen LogP contribution in [0.1, 0.15) is 13.3 Å². The molecule has 0 saturated heterocycles. The summed E-state index contributed by atoms with van der Waals surface area (Å²) in [6.45, 7) is 1.88. The second kappa shape index (κ2) is 5.01. The molecule has 0 amide bonds. The molecule has 1 unspecified atom stereocenters. The molecule has 0 aliphatic carbocycles. The van der Waals surface area contributed by atoms with Gasteiger partial charge in [0.25, 0.3) is 5.56 Å². The van der Waals surface area contributed by atoms with Crippen molar-refractivity contribution in [3.05, 3.63) is 34.6 Å². The Labute approximate surface area is 118 Å². The first-order chi connectivity index (χ1) is 9.69. The molecule has 0 radical (unpaired) electrons. The first-order valence-corrected chi connectivity index (χ1v) is 6.99. The zero-order valence-corrected chi connectivity index (χ0v) is 11.6. The van der Waals surface area contributed by atoms with Crippen LogP contribution >= 0.6 is 11.3 Å². The quantitative estimate of drug-likeness (QED) is 0.739. The second-order valence-electron chi connectivity index (χ2n) is 4.48. The predicted octanol–water partition coefficient (Wildman–Crippen LogP) is 1.69. The van der Waals surface area contributed by atoms with Crippen molar-refractivity contribution >= 4 is 38.6 Å². The summed E-state index contributed by atoms with van der Waals surface area (Å²) in [5.41, 5.74) is 0.478. The summed E-state index contributed by atoms with van der Waals surface area (Å²) in [4.78, 5) is 27.7. The summed E-state index contributed by atoms with van der Waals surface area (Å²) in [6, 6.07) is 7.16. The molecule has 3 rings (SSSR count). The Balaban J connectivity index is 2.11. The lowest BCUT2D eigenvalue weighted by molar-refractivity contribution is -0.107. The van der Waals surface area contributed by atoms with Crippen molar-refractivity contribution in [3.8, 4) is 0 Å². The maximum absolute atomic E-state index is 12.3. The summed E-state index contributed by atoms with van der Waals surface area (Å²) < 4.78 is 1.29. The molecule has 0 aliphatic heterocycles. The smallest absolute Gasteiger partial charge is 0.283 e. The molecule has 3 aromatic rings. The van der Waals surface area contributed by atoms with E-state index in [1.54, 1.807) is 18.2 Å². The molecule has 102 valence electrons. The third kappa shape index (κ3) is 2.16. The predicted molar refractivity (Wildman–Crippen MR) is 78.4 cm³/mol. The molecule has 0 saturated carbocycles. The van der Waals surface area contributed by atoms with Crippen LogP contribution in [-0.2, 0) is 4.79 Å². The van der Waals surface area contributed by atoms with E-state index in [1.165, 1.54) is 15.9 Å². The van der Waals surface area contributed by atoms with Crippen molar-refractivity contribution in [3.63, 3.8) is 0 Å². The summed E-state index contributed by atoms with van der Waals surface area (Å²) in [5, 5.41) is 8.44. The molecule has 2 aromatic heterocycles. The standard InChI is InChI=1S/C13H12N4O2S/c1-8(6-7-18)14-12-16-17-11(19)9-4-2-3-5-10(9)15-13(17)20-12/h2-5,7-8H,6H2,1H3,(H,14,16). The fourth-order valence-corrected chi connectivity index (χ4v) is 2.84. The fraction of sp³-hybridized carbons (Fsp3) is 0.231. The van der Waals surface area contributed by atoms with Crippen LogP contribution in [0.5, 0.6) is 0 Å². The molecule has 1 atom stereocenters. The number of hydrogen-bond acceptors (Lipinski definition) is 6. The molecular formula is C13H12N4O2S. The normalized spacial score (nSPS) is 12.7. The number of rotatable bonds is 4. The van der Waals surface area contributed by atoms with Gasteiger partial charge in [0.2, 0.25) is 10.1 Å². The number of aldehydes is 1. The molecule has 6 nitrogen and oxygen atoms in total. The molecular weight excluding hydrogens is 276 g/mol. The number of nitrogens with one attached hydrogen (secondary N) is 1. The lowest BCUT2D eigenvalue weighted by Gasteiger charge is -2.07. The molecule has 0 aliphatic rings. The molecule has 7 heteroatoms. The molecule has 1 aromatic carbocycles. The molecule has 1 N–H and O–H groups in total. The maximum Gasteiger partial charge on any atom is 0.283 e. The third-order valence-corrected chi connectivity index (χ3v) is 3.76. The molecule has 2 heterocycles. The van der Waals surface area contributed by atoms with Gasteiger partial charge >= 0.3 is 0 Å². The van der Waals surface area contributed by atoms with E-state index in [9.17, 15) is 9.59 Å². The van der Waals surface area contributed by atoms with Gasteiger partial charge in [-0.3, -0.25) is 4.79 Å². The van der Waals surface area contributed by atoms with Gasteiger partial charge in [0.05, 0.1) is 10.9 Å². The summed E-state index contributed by atoms with van der Waals surface area (Å²) >= 11 is 1.29. The highest BCUT2D eigenvalue weighted by molar-refractivity contribution is 7.20. The van der Waals surface area contributed by atoms with Crippen molar-refractivity contribution in [1.29, 1.82) is 0 Å². The van der Waals surface area contributed by atoms with E-state index in [4.69, 9.17) is 0 Å². The Hall–Kier alpha value is -2.28. The van der Waals surface area contributed by atoms with E-state index in [1.807, 2.05) is 13.0 Å². The highest BCUT2D eigenvalue weighted by Gasteiger charge is 2.11. The largest absolute Gasteiger partial charge is 0.357 e. The zero-order valence-electron chi connectivity index (χ0n) is 10.7. The van der Waals surface area contributed by atoms with Gasteiger partial charge in [-0.25, -0.2) is 4.98 Å². The highest BCUT2D eigenvalue weighted by Crippen LogP contribution is 2.19. The van der Waals surface area contributed by atoms with Gasteiger partial charge in [0.15, 0.2) is 0 Å². The Bertz CT molecular complexity index is 839. The summed E-state index contributed by atoms with van der Waals surface area (Å²) in [5.74, 6) is 0. The van der Waals surface area contributed by atoms with Crippen LogP contribution in [0.2, 0.25) is 0 Å². The number of carbonyl (C=O) groups excluding carboxylic acids is 1. The van der Waals surface area contributed by atoms with Crippen LogP contribution in [0.4, 0.5) is 5.13 Å². The first-order valence-electron chi connectivity index (χ1n) is 6.18. The SMILES string of the molecule is CC(CC=O)Nc1nn2c(=O)c3ccccc3nc2s1. The number of benzene rings is 1. The number of fused-ring (bicyclic) bond motifs is 2. The van der Waals surface area contributed by atoms with Gasteiger partial charge in [0, 0.05) is 12.5 Å². The molecule has 0 bridgehead atoms. The molecule has 0 spiro atoms. The van der Waals surface area contributed by atoms with E-state index in [2.05, 4.69) is 15.4 Å². The van der Waals surface area contributed by atoms with Crippen molar-refractivity contribution in [2.24, 2.45) is 0 Å². The first kappa shape index (κ1) is 12.7. The van der Waals surface area contributed by atoms with Crippen LogP contribution in [0.25, 0.3) is 15.9 Å². The molecule has 20 heavy (non-hydrogen) atoms. The second-order valence-corrected chi connectivity index (χ2v) is 5.44. The van der Waals surface area contributed by atoms with Gasteiger partial charge in [-0.05, 0) is 19.1 Å². The number of para-hydroxylation sites is 1. The van der Waals surface area contributed by atoms with E-state index in [0.717, 1.165) is 6.29 Å². The highest BCUT2D eigenvalue weighted by atomic mass is 32.1. The topological polar surface area (TPSA) is 76.4 Å². The Kier molecular flexibility index (Phi) is 3.19. The van der Waals surface area contributed by atoms with E-state index in [-0.39, 0.29) is 11.6 Å². The number of nitrogens with zero attached hydrogens (tertiary/aromatic N) is 3. The van der Waals surface area contributed by atoms with Crippen LogP contribution in [0.15, 0.2) is 29.1 Å².